The molecule has 132 valence electrons. The Bertz CT molecular complexity index is 735. The third-order valence-electron chi connectivity index (χ3n) is 4.09. The van der Waals surface area contributed by atoms with Gasteiger partial charge in [0.05, 0.1) is 0 Å². The molecular formula is C21H25NO3. The summed E-state index contributed by atoms with van der Waals surface area (Å²) in [5.41, 5.74) is 3.06. The maximum Gasteiger partial charge on any atom is 0.410 e. The molecule has 0 aromatic heterocycles. The summed E-state index contributed by atoms with van der Waals surface area (Å²) >= 11 is 0. The Morgan fingerprint density at radius 2 is 1.84 bits per heavy atom. The normalized spacial score (nSPS) is 14.0. The van der Waals surface area contributed by atoms with Crippen molar-refractivity contribution in [3.8, 4) is 5.75 Å². The maximum absolute atomic E-state index is 12.3. The SMILES string of the molecule is CC(C)(C)OC(=O)N1CCc2ccc(OCc3ccccc3)cc2C1. The topological polar surface area (TPSA) is 38.8 Å². The van der Waals surface area contributed by atoms with E-state index in [0.29, 0.717) is 19.7 Å². The van der Waals surface area contributed by atoms with Crippen LogP contribution < -0.4 is 4.74 Å². The lowest BCUT2D eigenvalue weighted by Crippen LogP contribution is -2.39. The number of rotatable bonds is 3. The highest BCUT2D eigenvalue weighted by Crippen LogP contribution is 2.25. The van der Waals surface area contributed by atoms with Crippen LogP contribution in [-0.2, 0) is 24.3 Å². The molecule has 0 radical (unpaired) electrons. The van der Waals surface area contributed by atoms with E-state index in [2.05, 4.69) is 6.07 Å². The fraction of sp³-hybridized carbons (Fsp3) is 0.381. The van der Waals surface area contributed by atoms with Gasteiger partial charge in [-0.05, 0) is 56.0 Å². The fourth-order valence-corrected chi connectivity index (χ4v) is 2.85. The Hall–Kier alpha value is -2.49. The molecule has 1 aliphatic rings. The van der Waals surface area contributed by atoms with E-state index in [-0.39, 0.29) is 6.09 Å². The number of hydrogen-bond acceptors (Lipinski definition) is 3. The molecule has 0 fully saturated rings. The van der Waals surface area contributed by atoms with Crippen LogP contribution in [0, 0.1) is 0 Å². The average molecular weight is 339 g/mol. The Balaban J connectivity index is 1.66. The summed E-state index contributed by atoms with van der Waals surface area (Å²) in [6.07, 6.45) is 0.585. The van der Waals surface area contributed by atoms with Crippen LogP contribution >= 0.6 is 0 Å². The highest BCUT2D eigenvalue weighted by Gasteiger charge is 2.25. The number of benzene rings is 2. The number of hydrogen-bond donors (Lipinski definition) is 0. The molecule has 4 nitrogen and oxygen atoms in total. The first-order valence-electron chi connectivity index (χ1n) is 8.67. The molecule has 3 rings (SSSR count). The van der Waals surface area contributed by atoms with Crippen molar-refractivity contribution < 1.29 is 14.3 Å². The van der Waals surface area contributed by atoms with Gasteiger partial charge in [-0.1, -0.05) is 36.4 Å². The molecule has 1 amide bonds. The number of carbonyl (C=O) groups is 1. The predicted molar refractivity (Wildman–Crippen MR) is 97.6 cm³/mol. The highest BCUT2D eigenvalue weighted by molar-refractivity contribution is 5.68. The van der Waals surface area contributed by atoms with Crippen molar-refractivity contribution in [2.75, 3.05) is 6.54 Å². The van der Waals surface area contributed by atoms with E-state index in [4.69, 9.17) is 9.47 Å². The number of amides is 1. The summed E-state index contributed by atoms with van der Waals surface area (Å²) in [5.74, 6) is 0.827. The van der Waals surface area contributed by atoms with Crippen molar-refractivity contribution in [2.45, 2.75) is 45.9 Å². The van der Waals surface area contributed by atoms with Crippen molar-refractivity contribution in [1.82, 2.24) is 4.90 Å². The van der Waals surface area contributed by atoms with Gasteiger partial charge in [0.2, 0.25) is 0 Å². The van der Waals surface area contributed by atoms with Crippen LogP contribution in [0.4, 0.5) is 4.79 Å². The maximum atomic E-state index is 12.3. The number of fused-ring (bicyclic) bond motifs is 1. The molecule has 0 saturated heterocycles. The summed E-state index contributed by atoms with van der Waals surface area (Å²) in [4.78, 5) is 14.1. The van der Waals surface area contributed by atoms with Crippen LogP contribution in [0.2, 0.25) is 0 Å². The van der Waals surface area contributed by atoms with Gasteiger partial charge < -0.3 is 14.4 Å². The molecule has 0 N–H and O–H groups in total. The van der Waals surface area contributed by atoms with Gasteiger partial charge in [-0.15, -0.1) is 0 Å². The van der Waals surface area contributed by atoms with Gasteiger partial charge in [0.15, 0.2) is 0 Å². The van der Waals surface area contributed by atoms with Crippen LogP contribution in [0.3, 0.4) is 0 Å². The lowest BCUT2D eigenvalue weighted by Gasteiger charge is -2.31. The third-order valence-corrected chi connectivity index (χ3v) is 4.09. The molecule has 1 heterocycles. The minimum absolute atomic E-state index is 0.256. The van der Waals surface area contributed by atoms with E-state index in [1.165, 1.54) is 5.56 Å². The molecule has 2 aromatic rings. The summed E-state index contributed by atoms with van der Waals surface area (Å²) in [6.45, 7) is 7.45. The van der Waals surface area contributed by atoms with Crippen LogP contribution in [0.25, 0.3) is 0 Å². The fourth-order valence-electron chi connectivity index (χ4n) is 2.85. The molecule has 4 heteroatoms. The van der Waals surface area contributed by atoms with E-state index in [1.54, 1.807) is 4.90 Å². The van der Waals surface area contributed by atoms with Gasteiger partial charge in [-0.3, -0.25) is 0 Å². The van der Waals surface area contributed by atoms with Crippen molar-refractivity contribution in [1.29, 1.82) is 0 Å². The molecule has 0 aliphatic carbocycles. The zero-order valence-electron chi connectivity index (χ0n) is 15.1. The van der Waals surface area contributed by atoms with Crippen molar-refractivity contribution in [2.24, 2.45) is 0 Å². The minimum atomic E-state index is -0.474. The highest BCUT2D eigenvalue weighted by atomic mass is 16.6. The molecule has 0 saturated carbocycles. The standard InChI is InChI=1S/C21H25NO3/c1-21(2,3)25-20(23)22-12-11-17-9-10-19(13-18(17)14-22)24-15-16-7-5-4-6-8-16/h4-10,13H,11-12,14-15H2,1-3H3. The number of ether oxygens (including phenoxy) is 2. The molecule has 0 spiro atoms. The van der Waals surface area contributed by atoms with E-state index < -0.39 is 5.60 Å². The summed E-state index contributed by atoms with van der Waals surface area (Å²) in [6, 6.07) is 16.2. The van der Waals surface area contributed by atoms with Crippen molar-refractivity contribution in [3.05, 3.63) is 65.2 Å². The van der Waals surface area contributed by atoms with Gasteiger partial charge in [0.1, 0.15) is 18.0 Å². The van der Waals surface area contributed by atoms with Gasteiger partial charge >= 0.3 is 6.09 Å². The largest absolute Gasteiger partial charge is 0.489 e. The Morgan fingerprint density at radius 1 is 1.08 bits per heavy atom. The molecule has 25 heavy (non-hydrogen) atoms. The summed E-state index contributed by atoms with van der Waals surface area (Å²) in [7, 11) is 0. The van der Waals surface area contributed by atoms with Crippen molar-refractivity contribution >= 4 is 6.09 Å². The zero-order chi connectivity index (χ0) is 17.9. The van der Waals surface area contributed by atoms with Crippen LogP contribution in [-0.4, -0.2) is 23.1 Å². The number of carbonyl (C=O) groups excluding carboxylic acids is 1. The predicted octanol–water partition coefficient (Wildman–Crippen LogP) is 4.56. The summed E-state index contributed by atoms with van der Waals surface area (Å²) in [5, 5.41) is 0. The molecule has 0 unspecified atom stereocenters. The van der Waals surface area contributed by atoms with E-state index >= 15 is 0 Å². The second-order valence-electron chi connectivity index (χ2n) is 7.36. The first kappa shape index (κ1) is 17.3. The molecule has 0 atom stereocenters. The summed E-state index contributed by atoms with van der Waals surface area (Å²) < 4.78 is 11.4. The lowest BCUT2D eigenvalue weighted by molar-refractivity contribution is 0.0223. The van der Waals surface area contributed by atoms with Crippen LogP contribution in [0.1, 0.15) is 37.5 Å². The first-order chi connectivity index (χ1) is 11.9. The third kappa shape index (κ3) is 4.75. The van der Waals surface area contributed by atoms with Crippen molar-refractivity contribution in [3.63, 3.8) is 0 Å². The van der Waals surface area contributed by atoms with Gasteiger partial charge in [-0.25, -0.2) is 4.79 Å². The van der Waals surface area contributed by atoms with Gasteiger partial charge in [0, 0.05) is 13.1 Å². The van der Waals surface area contributed by atoms with Gasteiger partial charge in [-0.2, -0.15) is 0 Å². The average Bonchev–Trinajstić information content (AvgIpc) is 2.58. The smallest absolute Gasteiger partial charge is 0.410 e. The Kier molecular flexibility index (Phi) is 4.98. The van der Waals surface area contributed by atoms with Crippen LogP contribution in [0.5, 0.6) is 5.75 Å². The zero-order valence-corrected chi connectivity index (χ0v) is 15.1. The molecule has 2 aromatic carbocycles. The van der Waals surface area contributed by atoms with E-state index in [1.807, 2.05) is 63.2 Å². The first-order valence-corrected chi connectivity index (χ1v) is 8.67. The van der Waals surface area contributed by atoms with Gasteiger partial charge in [0.25, 0.3) is 0 Å². The number of nitrogens with zero attached hydrogens (tertiary/aromatic N) is 1. The Labute approximate surface area is 149 Å². The van der Waals surface area contributed by atoms with E-state index in [0.717, 1.165) is 23.3 Å². The quantitative estimate of drug-likeness (QED) is 0.823. The van der Waals surface area contributed by atoms with E-state index in [9.17, 15) is 4.79 Å². The molecule has 1 aliphatic heterocycles. The molecular weight excluding hydrogens is 314 g/mol. The minimum Gasteiger partial charge on any atom is -0.489 e. The lowest BCUT2D eigenvalue weighted by atomic mass is 10.00. The monoisotopic (exact) mass is 339 g/mol. The molecule has 0 bridgehead atoms. The second kappa shape index (κ2) is 7.18. The van der Waals surface area contributed by atoms with Crippen LogP contribution in [0.15, 0.2) is 48.5 Å². The Morgan fingerprint density at radius 3 is 2.56 bits per heavy atom. The second-order valence-corrected chi connectivity index (χ2v) is 7.36.